The van der Waals surface area contributed by atoms with Gasteiger partial charge < -0.3 is 21.1 Å². The minimum absolute atomic E-state index is 0.218. The number of para-hydroxylation sites is 1. The first-order valence-electron chi connectivity index (χ1n) is 8.34. The fourth-order valence-corrected chi connectivity index (χ4v) is 3.62. The van der Waals surface area contributed by atoms with Crippen LogP contribution in [-0.2, 0) is 0 Å². The van der Waals surface area contributed by atoms with Crippen molar-refractivity contribution in [3.8, 4) is 10.9 Å². The number of nitrogen functional groups attached to an aromatic ring is 1. The Morgan fingerprint density at radius 2 is 2.04 bits per heavy atom. The van der Waals surface area contributed by atoms with Gasteiger partial charge in [0, 0.05) is 18.8 Å². The molecule has 0 saturated heterocycles. The van der Waals surface area contributed by atoms with E-state index in [9.17, 15) is 4.79 Å². The summed E-state index contributed by atoms with van der Waals surface area (Å²) in [5, 5.41) is 10.7. The van der Waals surface area contributed by atoms with Crippen molar-refractivity contribution in [2.24, 2.45) is 0 Å². The highest BCUT2D eigenvalue weighted by atomic mass is 32.1. The van der Waals surface area contributed by atoms with Crippen molar-refractivity contribution in [2.75, 3.05) is 25.2 Å². The summed E-state index contributed by atoms with van der Waals surface area (Å²) in [4.78, 5) is 20.7. The standard InChI is InChI=1S/C18H17N7O2S/c1-20-15(26)11-8-7-10(9-13(11)27-2)21-17-23-16(19)25(24-17)18-22-12-5-3-4-6-14(12)28-18/h3-9H,1-2H3,(H,20,26)(H3,19,21,23,24). The number of ether oxygens (including phenoxy) is 1. The zero-order chi connectivity index (χ0) is 19.7. The molecule has 0 atom stereocenters. The van der Waals surface area contributed by atoms with Crippen LogP contribution in [-0.4, -0.2) is 39.8 Å². The summed E-state index contributed by atoms with van der Waals surface area (Å²) in [6.45, 7) is 0. The number of nitrogens with two attached hydrogens (primary N) is 1. The highest BCUT2D eigenvalue weighted by molar-refractivity contribution is 7.20. The van der Waals surface area contributed by atoms with Gasteiger partial charge in [0.15, 0.2) is 0 Å². The van der Waals surface area contributed by atoms with Gasteiger partial charge in [0.1, 0.15) is 5.75 Å². The summed E-state index contributed by atoms with van der Waals surface area (Å²) in [7, 11) is 3.07. The molecule has 4 rings (SSSR count). The summed E-state index contributed by atoms with van der Waals surface area (Å²) >= 11 is 1.48. The Balaban J connectivity index is 1.63. The zero-order valence-electron chi connectivity index (χ0n) is 15.1. The molecule has 0 unspecified atom stereocenters. The van der Waals surface area contributed by atoms with Crippen LogP contribution in [0.1, 0.15) is 10.4 Å². The molecule has 2 heterocycles. The number of carbonyl (C=O) groups excluding carboxylic acids is 1. The van der Waals surface area contributed by atoms with Crippen LogP contribution in [0.25, 0.3) is 15.3 Å². The number of thiazole rings is 1. The number of amides is 1. The van der Waals surface area contributed by atoms with Crippen LogP contribution in [0.4, 0.5) is 17.6 Å². The number of carbonyl (C=O) groups is 1. The minimum Gasteiger partial charge on any atom is -0.496 e. The number of aromatic nitrogens is 4. The van der Waals surface area contributed by atoms with Crippen molar-refractivity contribution in [1.82, 2.24) is 25.1 Å². The lowest BCUT2D eigenvalue weighted by molar-refractivity contribution is 0.0960. The van der Waals surface area contributed by atoms with E-state index in [1.165, 1.54) is 23.1 Å². The molecule has 9 nitrogen and oxygen atoms in total. The van der Waals surface area contributed by atoms with Crippen LogP contribution >= 0.6 is 11.3 Å². The molecule has 0 radical (unpaired) electrons. The van der Waals surface area contributed by atoms with Crippen molar-refractivity contribution >= 4 is 45.0 Å². The van der Waals surface area contributed by atoms with E-state index in [-0.39, 0.29) is 11.9 Å². The molecule has 0 aliphatic carbocycles. The molecule has 142 valence electrons. The maximum atomic E-state index is 11.9. The zero-order valence-corrected chi connectivity index (χ0v) is 15.9. The maximum absolute atomic E-state index is 11.9. The number of hydrogen-bond donors (Lipinski definition) is 3. The normalized spacial score (nSPS) is 10.8. The van der Waals surface area contributed by atoms with Gasteiger partial charge in [-0.25, -0.2) is 4.98 Å². The minimum atomic E-state index is -0.231. The average molecular weight is 395 g/mol. The molecule has 28 heavy (non-hydrogen) atoms. The van der Waals surface area contributed by atoms with Gasteiger partial charge in [-0.3, -0.25) is 4.79 Å². The number of fused-ring (bicyclic) bond motifs is 1. The molecule has 4 aromatic rings. The third-order valence-electron chi connectivity index (χ3n) is 4.03. The predicted octanol–water partition coefficient (Wildman–Crippen LogP) is 2.57. The second-order valence-electron chi connectivity index (χ2n) is 5.79. The third-order valence-corrected chi connectivity index (χ3v) is 5.04. The Hall–Kier alpha value is -3.66. The van der Waals surface area contributed by atoms with Gasteiger partial charge in [-0.2, -0.15) is 9.67 Å². The summed E-state index contributed by atoms with van der Waals surface area (Å²) < 4.78 is 7.83. The van der Waals surface area contributed by atoms with Crippen molar-refractivity contribution in [2.45, 2.75) is 0 Å². The molecule has 1 amide bonds. The van der Waals surface area contributed by atoms with E-state index in [0.29, 0.717) is 28.1 Å². The van der Waals surface area contributed by atoms with Gasteiger partial charge in [-0.05, 0) is 24.3 Å². The molecule has 0 aliphatic rings. The van der Waals surface area contributed by atoms with Crippen molar-refractivity contribution in [1.29, 1.82) is 0 Å². The van der Waals surface area contributed by atoms with Gasteiger partial charge in [0.05, 0.1) is 22.9 Å². The van der Waals surface area contributed by atoms with E-state index >= 15 is 0 Å². The van der Waals surface area contributed by atoms with E-state index in [4.69, 9.17) is 10.5 Å². The molecule has 0 fully saturated rings. The lowest BCUT2D eigenvalue weighted by Gasteiger charge is -2.09. The van der Waals surface area contributed by atoms with Crippen LogP contribution < -0.4 is 21.1 Å². The summed E-state index contributed by atoms with van der Waals surface area (Å²) in [5.41, 5.74) is 7.99. The van der Waals surface area contributed by atoms with E-state index in [1.807, 2.05) is 24.3 Å². The Bertz CT molecular complexity index is 1130. The van der Waals surface area contributed by atoms with E-state index in [1.54, 1.807) is 25.2 Å². The molecule has 0 spiro atoms. The monoisotopic (exact) mass is 395 g/mol. The van der Waals surface area contributed by atoms with Crippen molar-refractivity contribution in [3.05, 3.63) is 48.0 Å². The highest BCUT2D eigenvalue weighted by Crippen LogP contribution is 2.28. The first-order chi connectivity index (χ1) is 13.6. The quantitative estimate of drug-likeness (QED) is 0.475. The van der Waals surface area contributed by atoms with Crippen LogP contribution in [0.3, 0.4) is 0 Å². The number of nitrogens with zero attached hydrogens (tertiary/aromatic N) is 4. The second-order valence-corrected chi connectivity index (χ2v) is 6.80. The Morgan fingerprint density at radius 1 is 1.21 bits per heavy atom. The van der Waals surface area contributed by atoms with Gasteiger partial charge in [0.2, 0.25) is 17.0 Å². The first kappa shape index (κ1) is 17.7. The van der Waals surface area contributed by atoms with Crippen molar-refractivity contribution in [3.63, 3.8) is 0 Å². The number of rotatable bonds is 5. The summed E-state index contributed by atoms with van der Waals surface area (Å²) in [5.74, 6) is 0.732. The van der Waals surface area contributed by atoms with Crippen molar-refractivity contribution < 1.29 is 9.53 Å². The largest absolute Gasteiger partial charge is 0.496 e. The van der Waals surface area contributed by atoms with Crippen LogP contribution in [0, 0.1) is 0 Å². The van der Waals surface area contributed by atoms with Gasteiger partial charge in [-0.15, -0.1) is 5.10 Å². The maximum Gasteiger partial charge on any atom is 0.254 e. The van der Waals surface area contributed by atoms with Gasteiger partial charge >= 0.3 is 0 Å². The second kappa shape index (κ2) is 7.16. The predicted molar refractivity (Wildman–Crippen MR) is 109 cm³/mol. The Labute approximate surface area is 164 Å². The van der Waals surface area contributed by atoms with Crippen LogP contribution in [0.5, 0.6) is 5.75 Å². The number of nitrogens with one attached hydrogen (secondary N) is 2. The third kappa shape index (κ3) is 3.21. The smallest absolute Gasteiger partial charge is 0.254 e. The topological polar surface area (TPSA) is 120 Å². The molecule has 10 heteroatoms. The van der Waals surface area contributed by atoms with Crippen LogP contribution in [0.2, 0.25) is 0 Å². The van der Waals surface area contributed by atoms with E-state index in [2.05, 4.69) is 25.7 Å². The molecule has 0 aliphatic heterocycles. The number of methoxy groups -OCH3 is 1. The summed E-state index contributed by atoms with van der Waals surface area (Å²) in [6, 6.07) is 12.9. The van der Waals surface area contributed by atoms with Gasteiger partial charge in [0.25, 0.3) is 5.91 Å². The number of anilines is 3. The molecule has 2 aromatic carbocycles. The summed E-state index contributed by atoms with van der Waals surface area (Å²) in [6.07, 6.45) is 0. The fourth-order valence-electron chi connectivity index (χ4n) is 2.69. The molecule has 2 aromatic heterocycles. The molecule has 0 saturated carbocycles. The lowest BCUT2D eigenvalue weighted by atomic mass is 10.1. The molecule has 4 N–H and O–H groups in total. The molecular weight excluding hydrogens is 378 g/mol. The Kier molecular flexibility index (Phi) is 4.53. The van der Waals surface area contributed by atoms with Crippen LogP contribution in [0.15, 0.2) is 42.5 Å². The number of hydrogen-bond acceptors (Lipinski definition) is 8. The van der Waals surface area contributed by atoms with E-state index < -0.39 is 0 Å². The Morgan fingerprint density at radius 3 is 2.79 bits per heavy atom. The van der Waals surface area contributed by atoms with E-state index in [0.717, 1.165) is 10.2 Å². The molecular formula is C18H17N7O2S. The first-order valence-corrected chi connectivity index (χ1v) is 9.16. The van der Waals surface area contributed by atoms with Gasteiger partial charge in [-0.1, -0.05) is 23.5 Å². The molecule has 0 bridgehead atoms. The average Bonchev–Trinajstić information content (AvgIpc) is 3.30. The SMILES string of the molecule is CNC(=O)c1ccc(Nc2nc(N)n(-c3nc4ccccc4s3)n2)cc1OC. The lowest BCUT2D eigenvalue weighted by Crippen LogP contribution is -2.18. The fraction of sp³-hybridized carbons (Fsp3) is 0.111. The highest BCUT2D eigenvalue weighted by Gasteiger charge is 2.15. The number of benzene rings is 2.